The van der Waals surface area contributed by atoms with Gasteiger partial charge in [-0.1, -0.05) is 67.0 Å². The van der Waals surface area contributed by atoms with Gasteiger partial charge in [0.1, 0.15) is 6.10 Å². The summed E-state index contributed by atoms with van der Waals surface area (Å²) >= 11 is 0. The van der Waals surface area contributed by atoms with Crippen LogP contribution in [0.3, 0.4) is 0 Å². The Labute approximate surface area is 207 Å². The first-order valence-electron chi connectivity index (χ1n) is 14.0. The van der Waals surface area contributed by atoms with Crippen molar-refractivity contribution in [3.8, 4) is 0 Å². The summed E-state index contributed by atoms with van der Waals surface area (Å²) in [5.74, 6) is 1.65. The summed E-state index contributed by atoms with van der Waals surface area (Å²) in [6.07, 6.45) is 5.13. The molecular weight excluding hydrogens is 424 g/mol. The molecule has 4 fully saturated rings. The van der Waals surface area contributed by atoms with Crippen molar-refractivity contribution in [1.29, 1.82) is 0 Å². The van der Waals surface area contributed by atoms with Gasteiger partial charge in [0.15, 0.2) is 0 Å². The van der Waals surface area contributed by atoms with Crippen molar-refractivity contribution >= 4 is 0 Å². The molecule has 5 aliphatic carbocycles. The second-order valence-corrected chi connectivity index (χ2v) is 15.0. The van der Waals surface area contributed by atoms with E-state index in [0.717, 1.165) is 19.3 Å². The predicted octanol–water partition coefficient (Wildman–Crippen LogP) is 4.94. The van der Waals surface area contributed by atoms with Crippen LogP contribution in [0, 0.1) is 56.7 Å². The highest BCUT2D eigenvalue weighted by Gasteiger charge is 2.73. The van der Waals surface area contributed by atoms with E-state index in [1.165, 1.54) is 24.8 Å². The van der Waals surface area contributed by atoms with E-state index >= 15 is 0 Å². The van der Waals surface area contributed by atoms with E-state index in [2.05, 4.69) is 47.6 Å². The van der Waals surface area contributed by atoms with Crippen molar-refractivity contribution < 1.29 is 20.4 Å². The molecule has 4 nitrogen and oxygen atoms in total. The van der Waals surface area contributed by atoms with Crippen LogP contribution in [0.2, 0.25) is 0 Å². The van der Waals surface area contributed by atoms with Gasteiger partial charge in [0.05, 0.1) is 18.3 Å². The molecule has 0 spiro atoms. The van der Waals surface area contributed by atoms with Crippen LogP contribution in [0.5, 0.6) is 0 Å². The second-order valence-electron chi connectivity index (χ2n) is 15.0. The van der Waals surface area contributed by atoms with Gasteiger partial charge in [-0.2, -0.15) is 0 Å². The molecule has 0 heterocycles. The summed E-state index contributed by atoms with van der Waals surface area (Å²) in [5.41, 5.74) is 0.365. The quantitative estimate of drug-likeness (QED) is 0.375. The normalized spacial score (nSPS) is 60.8. The molecule has 5 rings (SSSR count). The number of hydrogen-bond donors (Lipinski definition) is 4. The van der Waals surface area contributed by atoms with Crippen molar-refractivity contribution in [2.24, 2.45) is 56.7 Å². The lowest BCUT2D eigenvalue weighted by Gasteiger charge is -2.73. The van der Waals surface area contributed by atoms with E-state index in [9.17, 15) is 20.4 Å². The van der Waals surface area contributed by atoms with E-state index in [-0.39, 0.29) is 22.7 Å². The van der Waals surface area contributed by atoms with Gasteiger partial charge >= 0.3 is 0 Å². The molecule has 0 aromatic carbocycles. The van der Waals surface area contributed by atoms with Crippen LogP contribution < -0.4 is 0 Å². The van der Waals surface area contributed by atoms with Crippen molar-refractivity contribution in [3.05, 3.63) is 11.6 Å². The fourth-order valence-corrected chi connectivity index (χ4v) is 11.0. The molecule has 0 radical (unpaired) electrons. The smallest absolute Gasteiger partial charge is 0.107 e. The Morgan fingerprint density at radius 1 is 0.794 bits per heavy atom. The van der Waals surface area contributed by atoms with E-state index in [4.69, 9.17) is 0 Å². The number of aliphatic hydroxyl groups is 4. The minimum atomic E-state index is -1.20. The zero-order chi connectivity index (χ0) is 25.2. The Hall–Kier alpha value is -0.420. The van der Waals surface area contributed by atoms with E-state index in [1.807, 2.05) is 13.8 Å². The molecule has 0 aromatic heterocycles. The molecule has 194 valence electrons. The minimum absolute atomic E-state index is 0.0298. The van der Waals surface area contributed by atoms with Crippen LogP contribution in [-0.4, -0.2) is 44.8 Å². The fraction of sp³-hybridized carbons (Fsp3) is 0.933. The predicted molar refractivity (Wildman–Crippen MR) is 135 cm³/mol. The van der Waals surface area contributed by atoms with Gasteiger partial charge < -0.3 is 20.4 Å². The standard InChI is InChI=1S/C30H50O4/c1-16-9-11-27(5)13-14-28(6)18(21(27)17(16)2)15-19(31)23-29(28,7)12-10-20-26(3,4)24(33)22(32)25(34)30(20,23)8/h15-17,19-25,31-34H,9-14H2,1-8H3/t16-,17+,19-,20+,21+,22+,23+,24+,25-,27-,28-,29-,30+/m1/s1. The molecule has 0 amide bonds. The molecule has 4 saturated carbocycles. The average Bonchev–Trinajstić information content (AvgIpc) is 2.75. The van der Waals surface area contributed by atoms with Crippen LogP contribution in [0.15, 0.2) is 11.6 Å². The highest BCUT2D eigenvalue weighted by Crippen LogP contribution is 2.75. The van der Waals surface area contributed by atoms with Gasteiger partial charge in [0, 0.05) is 11.3 Å². The molecule has 13 atom stereocenters. The first-order valence-corrected chi connectivity index (χ1v) is 14.0. The summed E-state index contributed by atoms with van der Waals surface area (Å²) < 4.78 is 0. The molecule has 5 aliphatic rings. The molecule has 0 saturated heterocycles. The third-order valence-corrected chi connectivity index (χ3v) is 13.5. The van der Waals surface area contributed by atoms with Gasteiger partial charge in [-0.05, 0) is 83.9 Å². The van der Waals surface area contributed by atoms with Crippen molar-refractivity contribution in [2.75, 3.05) is 0 Å². The van der Waals surface area contributed by atoms with Crippen molar-refractivity contribution in [1.82, 2.24) is 0 Å². The third kappa shape index (κ3) is 2.75. The molecule has 0 aliphatic heterocycles. The average molecular weight is 475 g/mol. The Morgan fingerprint density at radius 3 is 2.09 bits per heavy atom. The number of allylic oxidation sites excluding steroid dienone is 1. The molecule has 0 unspecified atom stereocenters. The Kier molecular flexibility index (Phi) is 5.44. The molecule has 34 heavy (non-hydrogen) atoms. The van der Waals surface area contributed by atoms with E-state index < -0.39 is 35.2 Å². The first-order chi connectivity index (χ1) is 15.6. The Morgan fingerprint density at radius 2 is 1.44 bits per heavy atom. The summed E-state index contributed by atoms with van der Waals surface area (Å²) in [7, 11) is 0. The van der Waals surface area contributed by atoms with Gasteiger partial charge in [-0.3, -0.25) is 0 Å². The fourth-order valence-electron chi connectivity index (χ4n) is 11.0. The molecule has 4 heteroatoms. The maximum absolute atomic E-state index is 12.0. The van der Waals surface area contributed by atoms with Gasteiger partial charge in [0.2, 0.25) is 0 Å². The Balaban J connectivity index is 1.67. The van der Waals surface area contributed by atoms with Gasteiger partial charge in [-0.15, -0.1) is 0 Å². The number of fused-ring (bicyclic) bond motifs is 7. The summed E-state index contributed by atoms with van der Waals surface area (Å²) in [6, 6.07) is 0. The van der Waals surface area contributed by atoms with Crippen LogP contribution in [-0.2, 0) is 0 Å². The summed E-state index contributed by atoms with van der Waals surface area (Å²) in [4.78, 5) is 0. The molecule has 4 N–H and O–H groups in total. The van der Waals surface area contributed by atoms with Crippen LogP contribution in [0.25, 0.3) is 0 Å². The monoisotopic (exact) mass is 474 g/mol. The number of aliphatic hydroxyl groups excluding tert-OH is 4. The minimum Gasteiger partial charge on any atom is -0.390 e. The zero-order valence-corrected chi connectivity index (χ0v) is 22.8. The van der Waals surface area contributed by atoms with Crippen molar-refractivity contribution in [2.45, 2.75) is 118 Å². The van der Waals surface area contributed by atoms with Crippen molar-refractivity contribution in [3.63, 3.8) is 0 Å². The van der Waals surface area contributed by atoms with Crippen LogP contribution in [0.1, 0.15) is 93.9 Å². The maximum atomic E-state index is 12.0. The highest BCUT2D eigenvalue weighted by molar-refractivity contribution is 5.36. The van der Waals surface area contributed by atoms with E-state index in [1.54, 1.807) is 0 Å². The summed E-state index contributed by atoms with van der Waals surface area (Å²) in [5, 5.41) is 45.4. The topological polar surface area (TPSA) is 80.9 Å². The second kappa shape index (κ2) is 7.33. The lowest BCUT2D eigenvalue weighted by Crippen LogP contribution is -2.73. The van der Waals surface area contributed by atoms with E-state index in [0.29, 0.717) is 23.2 Å². The zero-order valence-electron chi connectivity index (χ0n) is 22.8. The third-order valence-electron chi connectivity index (χ3n) is 13.5. The first kappa shape index (κ1) is 25.2. The SMILES string of the molecule is C[C@H]1[C@H](C)CC[C@]2(C)CC[C@]3(C)C(=C[C@@H](O)[C@@H]4[C@@]5(C)[C@H](O)[C@@H](O)[C@H](O)C(C)(C)[C@@H]5CC[C@]43C)[C@H]12. The van der Waals surface area contributed by atoms with Gasteiger partial charge in [0.25, 0.3) is 0 Å². The molecular formula is C30H50O4. The van der Waals surface area contributed by atoms with Crippen LogP contribution >= 0.6 is 0 Å². The number of rotatable bonds is 0. The molecule has 0 aromatic rings. The largest absolute Gasteiger partial charge is 0.390 e. The lowest BCUT2D eigenvalue weighted by molar-refractivity contribution is -0.290. The number of hydrogen-bond acceptors (Lipinski definition) is 4. The molecule has 0 bridgehead atoms. The highest BCUT2D eigenvalue weighted by atomic mass is 16.4. The Bertz CT molecular complexity index is 881. The van der Waals surface area contributed by atoms with Crippen LogP contribution in [0.4, 0.5) is 0 Å². The van der Waals surface area contributed by atoms with Gasteiger partial charge in [-0.25, -0.2) is 0 Å². The summed E-state index contributed by atoms with van der Waals surface area (Å²) in [6.45, 7) is 18.3. The maximum Gasteiger partial charge on any atom is 0.107 e. The lowest BCUT2D eigenvalue weighted by atomic mass is 9.32.